The molecule has 0 aromatic heterocycles. The zero-order chi connectivity index (χ0) is 32.9. The van der Waals surface area contributed by atoms with Crippen LogP contribution in [0.15, 0.2) is 146 Å². The maximum absolute atomic E-state index is 3.65. The van der Waals surface area contributed by atoms with Gasteiger partial charge in [-0.25, -0.2) is 0 Å². The number of hydrogen-bond acceptors (Lipinski definition) is 1. The maximum atomic E-state index is 3.65. The third-order valence-corrected chi connectivity index (χ3v) is 10.1. The van der Waals surface area contributed by atoms with Crippen molar-refractivity contribution in [3.8, 4) is 22.3 Å². The highest BCUT2D eigenvalue weighted by Crippen LogP contribution is 2.40. The van der Waals surface area contributed by atoms with E-state index in [0.717, 1.165) is 37.8 Å². The molecule has 1 nitrogen and oxygen atoms in total. The Morgan fingerprint density at radius 1 is 0.625 bits per heavy atom. The average Bonchev–Trinajstić information content (AvgIpc) is 3.16. The molecule has 0 fully saturated rings. The monoisotopic (exact) mass is 623 g/mol. The van der Waals surface area contributed by atoms with E-state index in [1.165, 1.54) is 72.0 Å². The Morgan fingerprint density at radius 3 is 1.98 bits per heavy atom. The van der Waals surface area contributed by atoms with Gasteiger partial charge in [-0.3, -0.25) is 0 Å². The van der Waals surface area contributed by atoms with E-state index in [1.807, 2.05) is 0 Å². The quantitative estimate of drug-likeness (QED) is 0.195. The van der Waals surface area contributed by atoms with Crippen LogP contribution in [0, 0.1) is 12.8 Å². The second-order valence-electron chi connectivity index (χ2n) is 13.5. The van der Waals surface area contributed by atoms with E-state index in [2.05, 4.69) is 172 Å². The summed E-state index contributed by atoms with van der Waals surface area (Å²) in [5.74, 6) is 0.616. The van der Waals surface area contributed by atoms with Gasteiger partial charge in [0.2, 0.25) is 0 Å². The summed E-state index contributed by atoms with van der Waals surface area (Å²) in [4.78, 5) is 0. The summed E-state index contributed by atoms with van der Waals surface area (Å²) >= 11 is 0. The average molecular weight is 624 g/mol. The van der Waals surface area contributed by atoms with Gasteiger partial charge in [-0.2, -0.15) is 0 Å². The van der Waals surface area contributed by atoms with Crippen molar-refractivity contribution in [2.45, 2.75) is 52.9 Å². The van der Waals surface area contributed by atoms with Gasteiger partial charge in [0.15, 0.2) is 0 Å². The number of hydrogen-bond donors (Lipinski definition) is 1. The summed E-state index contributed by atoms with van der Waals surface area (Å²) in [7, 11) is 0. The molecule has 0 radical (unpaired) electrons. The predicted octanol–water partition coefficient (Wildman–Crippen LogP) is 12.9. The molecular formula is C47H45N. The van der Waals surface area contributed by atoms with Crippen molar-refractivity contribution < 1.29 is 0 Å². The van der Waals surface area contributed by atoms with Crippen molar-refractivity contribution in [2.75, 3.05) is 5.32 Å². The second kappa shape index (κ2) is 14.3. The van der Waals surface area contributed by atoms with Crippen LogP contribution in [-0.2, 0) is 12.8 Å². The SMILES string of the molecule is C/C1=C(\c2c(C)ccc3ccccc23)CCC(C)C/C=C/Nc2ccc(-c3ccc(CCc4ccc(-c5ccccc5)cc4)cc3)cc21. The molecule has 0 amide bonds. The first-order valence-corrected chi connectivity index (χ1v) is 17.5. The van der Waals surface area contributed by atoms with Crippen LogP contribution < -0.4 is 5.32 Å². The zero-order valence-electron chi connectivity index (χ0n) is 28.5. The Hall–Kier alpha value is -5.14. The molecule has 0 saturated carbocycles. The van der Waals surface area contributed by atoms with Crippen molar-refractivity contribution in [3.05, 3.63) is 174 Å². The molecule has 6 aromatic carbocycles. The largest absolute Gasteiger partial charge is 0.362 e. The van der Waals surface area contributed by atoms with Gasteiger partial charge in [-0.05, 0) is 137 Å². The lowest BCUT2D eigenvalue weighted by Crippen LogP contribution is -2.00. The zero-order valence-corrected chi connectivity index (χ0v) is 28.5. The number of benzene rings is 6. The smallest absolute Gasteiger partial charge is 0.0456 e. The van der Waals surface area contributed by atoms with Crippen molar-refractivity contribution in [1.82, 2.24) is 0 Å². The van der Waals surface area contributed by atoms with Gasteiger partial charge >= 0.3 is 0 Å². The highest BCUT2D eigenvalue weighted by Gasteiger charge is 2.18. The number of allylic oxidation sites excluding steroid dienone is 3. The molecule has 48 heavy (non-hydrogen) atoms. The number of rotatable bonds is 6. The Bertz CT molecular complexity index is 2080. The molecule has 1 heteroatoms. The van der Waals surface area contributed by atoms with E-state index in [9.17, 15) is 0 Å². The summed E-state index contributed by atoms with van der Waals surface area (Å²) < 4.78 is 0. The van der Waals surface area contributed by atoms with Gasteiger partial charge < -0.3 is 5.32 Å². The molecule has 1 aliphatic rings. The van der Waals surface area contributed by atoms with E-state index in [1.54, 1.807) is 0 Å². The molecule has 0 spiro atoms. The lowest BCUT2D eigenvalue weighted by molar-refractivity contribution is 0.550. The lowest BCUT2D eigenvalue weighted by atomic mass is 9.84. The maximum Gasteiger partial charge on any atom is 0.0456 e. The molecule has 1 N–H and O–H groups in total. The summed E-state index contributed by atoms with van der Waals surface area (Å²) in [6.45, 7) is 6.99. The van der Waals surface area contributed by atoms with Gasteiger partial charge in [0.25, 0.3) is 0 Å². The second-order valence-corrected chi connectivity index (χ2v) is 13.5. The Morgan fingerprint density at radius 2 is 1.25 bits per heavy atom. The van der Waals surface area contributed by atoms with Crippen molar-refractivity contribution in [2.24, 2.45) is 5.92 Å². The molecule has 7 rings (SSSR count). The molecule has 0 aliphatic carbocycles. The first-order valence-electron chi connectivity index (χ1n) is 17.5. The Labute approximate surface area is 286 Å². The first kappa shape index (κ1) is 31.5. The minimum atomic E-state index is 0.616. The molecule has 1 unspecified atom stereocenters. The van der Waals surface area contributed by atoms with Crippen LogP contribution in [0.2, 0.25) is 0 Å². The van der Waals surface area contributed by atoms with Gasteiger partial charge in [-0.15, -0.1) is 0 Å². The lowest BCUT2D eigenvalue weighted by Gasteiger charge is -2.21. The van der Waals surface area contributed by atoms with E-state index < -0.39 is 0 Å². The van der Waals surface area contributed by atoms with E-state index in [-0.39, 0.29) is 0 Å². The van der Waals surface area contributed by atoms with Crippen LogP contribution in [0.25, 0.3) is 44.2 Å². The van der Waals surface area contributed by atoms with Crippen LogP contribution in [0.1, 0.15) is 60.9 Å². The molecule has 6 aromatic rings. The van der Waals surface area contributed by atoms with Crippen LogP contribution in [0.3, 0.4) is 0 Å². The van der Waals surface area contributed by atoms with E-state index in [4.69, 9.17) is 0 Å². The minimum Gasteiger partial charge on any atom is -0.362 e. The highest BCUT2D eigenvalue weighted by atomic mass is 14.8. The van der Waals surface area contributed by atoms with Gasteiger partial charge in [0, 0.05) is 11.3 Å². The number of fused-ring (bicyclic) bond motifs is 2. The van der Waals surface area contributed by atoms with Crippen LogP contribution in [0.5, 0.6) is 0 Å². The fraction of sp³-hybridized carbons (Fsp3) is 0.191. The topological polar surface area (TPSA) is 12.0 Å². The third kappa shape index (κ3) is 6.92. The van der Waals surface area contributed by atoms with Crippen LogP contribution in [0.4, 0.5) is 5.69 Å². The molecular weight excluding hydrogens is 579 g/mol. The minimum absolute atomic E-state index is 0.616. The number of nitrogens with one attached hydrogen (secondary N) is 1. The number of aryl methyl sites for hydroxylation is 3. The van der Waals surface area contributed by atoms with E-state index in [0.29, 0.717) is 5.92 Å². The van der Waals surface area contributed by atoms with Gasteiger partial charge in [-0.1, -0.05) is 134 Å². The van der Waals surface area contributed by atoms with Crippen LogP contribution >= 0.6 is 0 Å². The summed E-state index contributed by atoms with van der Waals surface area (Å²) in [6, 6.07) is 49.2. The van der Waals surface area contributed by atoms with Crippen molar-refractivity contribution in [3.63, 3.8) is 0 Å². The van der Waals surface area contributed by atoms with E-state index >= 15 is 0 Å². The predicted molar refractivity (Wildman–Crippen MR) is 208 cm³/mol. The Balaban J connectivity index is 1.18. The molecule has 1 aliphatic heterocycles. The molecule has 238 valence electrons. The van der Waals surface area contributed by atoms with Gasteiger partial charge in [0.1, 0.15) is 0 Å². The van der Waals surface area contributed by atoms with Crippen molar-refractivity contribution >= 4 is 27.6 Å². The molecule has 0 bridgehead atoms. The molecule has 1 atom stereocenters. The normalized spacial score (nSPS) is 17.3. The fourth-order valence-corrected chi connectivity index (χ4v) is 7.21. The Kier molecular flexibility index (Phi) is 9.39. The highest BCUT2D eigenvalue weighted by molar-refractivity contribution is 6.03. The standard InChI is InChI=1S/C47H45N/c1-33-10-9-31-48-46-30-28-42(32-45(46)35(3)43(29-15-33)47-34(2)16-23-41-13-7-8-14-44(41)47)40-26-21-37(22-27-40)18-17-36-19-24-39(25-20-36)38-11-5-4-6-12-38/h4-9,11-14,16,19-28,30-33,48H,10,15,17-18,29H2,1-3H3/b31-9+,43-35+. The third-order valence-electron chi connectivity index (χ3n) is 10.1. The summed E-state index contributed by atoms with van der Waals surface area (Å²) in [6.07, 6.45) is 9.79. The van der Waals surface area contributed by atoms with Crippen LogP contribution in [-0.4, -0.2) is 0 Å². The summed E-state index contributed by atoms with van der Waals surface area (Å²) in [5.41, 5.74) is 15.8. The summed E-state index contributed by atoms with van der Waals surface area (Å²) in [5, 5.41) is 6.31. The first-order chi connectivity index (χ1) is 23.5. The molecule has 0 saturated heterocycles. The van der Waals surface area contributed by atoms with Gasteiger partial charge in [0.05, 0.1) is 0 Å². The fourth-order valence-electron chi connectivity index (χ4n) is 7.21. The number of anilines is 1. The molecule has 1 heterocycles. The van der Waals surface area contributed by atoms with Crippen molar-refractivity contribution in [1.29, 1.82) is 0 Å².